The van der Waals surface area contributed by atoms with Crippen molar-refractivity contribution in [3.8, 4) is 22.3 Å². The van der Waals surface area contributed by atoms with E-state index in [1.165, 1.54) is 36.9 Å². The third-order valence-corrected chi connectivity index (χ3v) is 6.91. The van der Waals surface area contributed by atoms with E-state index in [9.17, 15) is 14.3 Å². The summed E-state index contributed by atoms with van der Waals surface area (Å²) in [5, 5.41) is 13.2. The summed E-state index contributed by atoms with van der Waals surface area (Å²) < 4.78 is 30.9. The molecule has 1 atom stereocenters. The number of rotatable bonds is 8. The summed E-state index contributed by atoms with van der Waals surface area (Å²) in [5.41, 5.74) is 3.12. The van der Waals surface area contributed by atoms with E-state index in [2.05, 4.69) is 30.2 Å². The maximum absolute atomic E-state index is 14.8. The molecule has 0 radical (unpaired) electrons. The first-order valence-corrected chi connectivity index (χ1v) is 13.4. The molecule has 0 saturated heterocycles. The Hall–Kier alpha value is -4.49. The molecule has 41 heavy (non-hydrogen) atoms. The van der Waals surface area contributed by atoms with E-state index in [-0.39, 0.29) is 12.5 Å². The molecule has 0 bridgehead atoms. The monoisotopic (exact) mass is 578 g/mol. The summed E-state index contributed by atoms with van der Waals surface area (Å²) in [5.74, 6) is -0.520. The molecule has 0 fully saturated rings. The fraction of sp³-hybridized carbons (Fsp3) is 0.286. The van der Waals surface area contributed by atoms with E-state index in [4.69, 9.17) is 14.2 Å². The Morgan fingerprint density at radius 1 is 1.12 bits per heavy atom. The number of aromatic nitrogens is 5. The highest BCUT2D eigenvalue weighted by Gasteiger charge is 2.20. The van der Waals surface area contributed by atoms with Crippen LogP contribution in [0.4, 0.5) is 14.9 Å². The van der Waals surface area contributed by atoms with E-state index >= 15 is 0 Å². The zero-order chi connectivity index (χ0) is 29.3. The average Bonchev–Trinajstić information content (AvgIpc) is 3.33. The molecule has 1 amide bonds. The number of anilines is 1. The average molecular weight is 579 g/mol. The molecule has 0 unspecified atom stereocenters. The van der Waals surface area contributed by atoms with Gasteiger partial charge in [0.1, 0.15) is 33.7 Å². The van der Waals surface area contributed by atoms with E-state index in [1.54, 1.807) is 32.9 Å². The number of benzene rings is 1. The number of thiazole rings is 1. The number of amides is 1. The minimum Gasteiger partial charge on any atom is -0.480 e. The molecule has 2 N–H and O–H groups in total. The largest absolute Gasteiger partial charge is 0.480 e. The second-order valence-corrected chi connectivity index (χ2v) is 10.8. The van der Waals surface area contributed by atoms with Crippen molar-refractivity contribution in [2.45, 2.75) is 39.4 Å². The Morgan fingerprint density at radius 2 is 1.93 bits per heavy atom. The van der Waals surface area contributed by atoms with Crippen LogP contribution < -0.4 is 14.8 Å². The molecule has 0 aliphatic carbocycles. The topological polar surface area (TPSA) is 141 Å². The van der Waals surface area contributed by atoms with E-state index in [0.29, 0.717) is 43.6 Å². The van der Waals surface area contributed by atoms with Crippen LogP contribution in [-0.4, -0.2) is 55.9 Å². The van der Waals surface area contributed by atoms with Gasteiger partial charge in [0.25, 0.3) is 5.88 Å². The van der Waals surface area contributed by atoms with Crippen molar-refractivity contribution in [2.24, 2.45) is 0 Å². The second kappa shape index (κ2) is 11.2. The Bertz CT molecular complexity index is 1740. The molecule has 11 nitrogen and oxygen atoms in total. The van der Waals surface area contributed by atoms with Crippen LogP contribution in [0.15, 0.2) is 42.7 Å². The van der Waals surface area contributed by atoms with Crippen LogP contribution in [0.1, 0.15) is 32.0 Å². The summed E-state index contributed by atoms with van der Waals surface area (Å²) >= 11 is 1.27. The number of carbonyl (C=O) groups excluding carboxylic acids is 1. The standard InChI is InChI=1S/C28H27FN6O5S/c1-14-8-17(23-19(9-14)33-22(38-5)12-31-23)25-34-20-10-18(29)24(35-26(20)41-25)39-13-15(2)40-27(36)32-16-6-7-21(30-11-16)28(3,4)37/h6-12,15,37H,13H2,1-5H3,(H,32,36)/t15-/m1/s1. The fourth-order valence-corrected chi connectivity index (χ4v) is 4.87. The van der Waals surface area contributed by atoms with Gasteiger partial charge in [-0.05, 0) is 57.5 Å². The number of halogens is 1. The SMILES string of the molecule is COc1cnc2c(-c3nc4cc(F)c(OC[C@@H](C)OC(=O)Nc5ccc(C(C)(C)O)nc5)nc4s3)cc(C)cc2n1. The Balaban J connectivity index is 1.27. The first-order valence-electron chi connectivity index (χ1n) is 12.6. The molecule has 1 aromatic carbocycles. The number of aliphatic hydroxyl groups is 1. The summed E-state index contributed by atoms with van der Waals surface area (Å²) in [6.45, 7) is 6.64. The minimum atomic E-state index is -1.10. The zero-order valence-electron chi connectivity index (χ0n) is 22.9. The van der Waals surface area contributed by atoms with Gasteiger partial charge in [0.05, 0.1) is 41.9 Å². The van der Waals surface area contributed by atoms with Crippen LogP contribution in [0, 0.1) is 12.7 Å². The number of nitrogens with one attached hydrogen (secondary N) is 1. The molecule has 0 aliphatic heterocycles. The van der Waals surface area contributed by atoms with Crippen molar-refractivity contribution in [2.75, 3.05) is 19.0 Å². The van der Waals surface area contributed by atoms with Gasteiger partial charge >= 0.3 is 6.09 Å². The first-order chi connectivity index (χ1) is 19.5. The van der Waals surface area contributed by atoms with Crippen molar-refractivity contribution in [1.82, 2.24) is 24.9 Å². The van der Waals surface area contributed by atoms with Crippen LogP contribution in [0.5, 0.6) is 11.8 Å². The number of pyridine rings is 2. The lowest BCUT2D eigenvalue weighted by Crippen LogP contribution is -2.25. The number of ether oxygens (including phenoxy) is 3. The predicted molar refractivity (Wildman–Crippen MR) is 152 cm³/mol. The quantitative estimate of drug-likeness (QED) is 0.246. The minimum absolute atomic E-state index is 0.135. The molecule has 0 spiro atoms. The van der Waals surface area contributed by atoms with Crippen molar-refractivity contribution in [3.63, 3.8) is 0 Å². The zero-order valence-corrected chi connectivity index (χ0v) is 23.7. The Kier molecular flexibility index (Phi) is 7.65. The van der Waals surface area contributed by atoms with Crippen molar-refractivity contribution in [3.05, 3.63) is 59.8 Å². The van der Waals surface area contributed by atoms with Crippen molar-refractivity contribution < 1.29 is 28.5 Å². The molecule has 13 heteroatoms. The third kappa shape index (κ3) is 6.31. The molecule has 5 rings (SSSR count). The lowest BCUT2D eigenvalue weighted by atomic mass is 10.1. The molecule has 5 aromatic rings. The van der Waals surface area contributed by atoms with E-state index in [0.717, 1.165) is 11.1 Å². The van der Waals surface area contributed by atoms with Gasteiger partial charge in [0.2, 0.25) is 5.88 Å². The maximum atomic E-state index is 14.8. The molecule has 212 valence electrons. The second-order valence-electron chi connectivity index (χ2n) is 9.85. The molecular formula is C28H27FN6O5S. The smallest absolute Gasteiger partial charge is 0.412 e. The van der Waals surface area contributed by atoms with Crippen molar-refractivity contribution >= 4 is 44.5 Å². The predicted octanol–water partition coefficient (Wildman–Crippen LogP) is 5.40. The molecule has 4 heterocycles. The fourth-order valence-electron chi connectivity index (χ4n) is 3.94. The number of hydrogen-bond acceptors (Lipinski definition) is 11. The van der Waals surface area contributed by atoms with Crippen LogP contribution in [0.25, 0.3) is 32.0 Å². The van der Waals surface area contributed by atoms with Crippen LogP contribution in [0.2, 0.25) is 0 Å². The van der Waals surface area contributed by atoms with Crippen LogP contribution in [0.3, 0.4) is 0 Å². The van der Waals surface area contributed by atoms with E-state index < -0.39 is 23.6 Å². The van der Waals surface area contributed by atoms with Gasteiger partial charge in [-0.1, -0.05) is 11.3 Å². The van der Waals surface area contributed by atoms with Crippen molar-refractivity contribution in [1.29, 1.82) is 0 Å². The highest BCUT2D eigenvalue weighted by Crippen LogP contribution is 2.35. The number of aryl methyl sites for hydroxylation is 1. The maximum Gasteiger partial charge on any atom is 0.412 e. The van der Waals surface area contributed by atoms with Gasteiger partial charge in [-0.3, -0.25) is 10.3 Å². The summed E-state index contributed by atoms with van der Waals surface area (Å²) in [7, 11) is 1.53. The van der Waals surface area contributed by atoms with Gasteiger partial charge in [0.15, 0.2) is 5.82 Å². The van der Waals surface area contributed by atoms with Gasteiger partial charge < -0.3 is 19.3 Å². The summed E-state index contributed by atoms with van der Waals surface area (Å²) in [6.07, 6.45) is 1.49. The third-order valence-electron chi connectivity index (χ3n) is 5.91. The lowest BCUT2D eigenvalue weighted by molar-refractivity contribution is 0.0739. The highest BCUT2D eigenvalue weighted by molar-refractivity contribution is 7.21. The number of hydrogen-bond donors (Lipinski definition) is 2. The lowest BCUT2D eigenvalue weighted by Gasteiger charge is -2.17. The molecule has 0 aliphatic rings. The summed E-state index contributed by atoms with van der Waals surface area (Å²) in [4.78, 5) is 34.7. The van der Waals surface area contributed by atoms with E-state index in [1.807, 2.05) is 19.1 Å². The highest BCUT2D eigenvalue weighted by atomic mass is 32.1. The number of fused-ring (bicyclic) bond motifs is 2. The first kappa shape index (κ1) is 28.1. The van der Waals surface area contributed by atoms with Gasteiger partial charge in [0, 0.05) is 11.6 Å². The van der Waals surface area contributed by atoms with Gasteiger partial charge in [-0.15, -0.1) is 0 Å². The Morgan fingerprint density at radius 3 is 2.63 bits per heavy atom. The molecular weight excluding hydrogens is 551 g/mol. The van der Waals surface area contributed by atoms with Crippen LogP contribution >= 0.6 is 11.3 Å². The number of methoxy groups -OCH3 is 1. The normalized spacial score (nSPS) is 12.4. The molecule has 0 saturated carbocycles. The Labute approximate surface area is 238 Å². The molecule has 4 aromatic heterocycles. The van der Waals surface area contributed by atoms with Gasteiger partial charge in [-0.25, -0.2) is 24.1 Å². The number of carbonyl (C=O) groups is 1. The van der Waals surface area contributed by atoms with Gasteiger partial charge in [-0.2, -0.15) is 4.98 Å². The summed E-state index contributed by atoms with van der Waals surface area (Å²) in [6, 6.07) is 8.30. The van der Waals surface area contributed by atoms with Crippen LogP contribution in [-0.2, 0) is 10.3 Å². The number of nitrogens with zero attached hydrogens (tertiary/aromatic N) is 5.